The van der Waals surface area contributed by atoms with E-state index in [0.717, 1.165) is 25.7 Å². The molecule has 124 valence electrons. The third-order valence-corrected chi connectivity index (χ3v) is 4.80. The molecule has 8 nitrogen and oxygen atoms in total. The van der Waals surface area contributed by atoms with Crippen LogP contribution in [0.15, 0.2) is 4.52 Å². The predicted molar refractivity (Wildman–Crippen MR) is 77.3 cm³/mol. The molecule has 1 N–H and O–H groups in total. The summed E-state index contributed by atoms with van der Waals surface area (Å²) in [7, 11) is 0. The summed E-state index contributed by atoms with van der Waals surface area (Å²) in [6, 6.07) is -0.469. The van der Waals surface area contributed by atoms with Gasteiger partial charge in [0.25, 0.3) is 0 Å². The molecule has 23 heavy (non-hydrogen) atoms. The highest BCUT2D eigenvalue weighted by atomic mass is 16.5. The first-order chi connectivity index (χ1) is 11.2. The maximum atomic E-state index is 12.4. The second kappa shape index (κ2) is 5.92. The Balaban J connectivity index is 1.39. The van der Waals surface area contributed by atoms with E-state index in [2.05, 4.69) is 15.5 Å². The molecular formula is C15H20N4O4. The first-order valence-corrected chi connectivity index (χ1v) is 8.22. The van der Waals surface area contributed by atoms with E-state index in [0.29, 0.717) is 43.2 Å². The highest BCUT2D eigenvalue weighted by Gasteiger charge is 2.37. The van der Waals surface area contributed by atoms with Gasteiger partial charge in [0.15, 0.2) is 5.82 Å². The molecule has 4 rings (SSSR count). The molecule has 0 bridgehead atoms. The zero-order chi connectivity index (χ0) is 15.8. The van der Waals surface area contributed by atoms with E-state index in [-0.39, 0.29) is 24.5 Å². The monoisotopic (exact) mass is 320 g/mol. The molecule has 1 aliphatic carbocycles. The minimum Gasteiger partial charge on any atom is -0.381 e. The van der Waals surface area contributed by atoms with E-state index in [1.165, 1.54) is 4.90 Å². The molecular weight excluding hydrogens is 300 g/mol. The van der Waals surface area contributed by atoms with Crippen molar-refractivity contribution in [3.63, 3.8) is 0 Å². The highest BCUT2D eigenvalue weighted by Crippen LogP contribution is 2.38. The topological polar surface area (TPSA) is 97.6 Å². The molecule has 0 radical (unpaired) electrons. The number of nitrogens with zero attached hydrogens (tertiary/aromatic N) is 3. The minimum atomic E-state index is -0.371. The molecule has 1 atom stereocenters. The third kappa shape index (κ3) is 3.08. The van der Waals surface area contributed by atoms with Crippen molar-refractivity contribution in [3.05, 3.63) is 11.7 Å². The number of aromatic nitrogens is 2. The van der Waals surface area contributed by atoms with Crippen LogP contribution in [-0.4, -0.2) is 46.2 Å². The van der Waals surface area contributed by atoms with Gasteiger partial charge in [-0.25, -0.2) is 4.79 Å². The Bertz CT molecular complexity index is 588. The molecule has 1 aromatic rings. The van der Waals surface area contributed by atoms with Crippen LogP contribution in [0, 0.1) is 5.92 Å². The van der Waals surface area contributed by atoms with Gasteiger partial charge in [0.2, 0.25) is 11.8 Å². The van der Waals surface area contributed by atoms with Crippen LogP contribution in [0.3, 0.4) is 0 Å². The Hall–Kier alpha value is -1.96. The van der Waals surface area contributed by atoms with Gasteiger partial charge >= 0.3 is 6.03 Å². The van der Waals surface area contributed by atoms with Crippen molar-refractivity contribution in [3.8, 4) is 0 Å². The van der Waals surface area contributed by atoms with Crippen LogP contribution in [0.2, 0.25) is 0 Å². The number of rotatable bonds is 4. The maximum Gasteiger partial charge on any atom is 0.324 e. The fourth-order valence-corrected chi connectivity index (χ4v) is 3.24. The van der Waals surface area contributed by atoms with Crippen molar-refractivity contribution in [2.45, 2.75) is 50.6 Å². The summed E-state index contributed by atoms with van der Waals surface area (Å²) in [6.45, 7) is 1.44. The maximum absolute atomic E-state index is 12.4. The largest absolute Gasteiger partial charge is 0.381 e. The number of ether oxygens (including phenoxy) is 1. The van der Waals surface area contributed by atoms with Gasteiger partial charge in [-0.15, -0.1) is 0 Å². The van der Waals surface area contributed by atoms with Crippen LogP contribution in [0.25, 0.3) is 0 Å². The molecule has 2 aliphatic heterocycles. The van der Waals surface area contributed by atoms with E-state index in [1.807, 2.05) is 0 Å². The Morgan fingerprint density at radius 1 is 1.17 bits per heavy atom. The molecule has 3 heterocycles. The van der Waals surface area contributed by atoms with Crippen molar-refractivity contribution in [1.82, 2.24) is 20.4 Å². The summed E-state index contributed by atoms with van der Waals surface area (Å²) in [4.78, 5) is 30.1. The minimum absolute atomic E-state index is 0.0465. The Morgan fingerprint density at radius 2 is 1.96 bits per heavy atom. The first kappa shape index (κ1) is 14.6. The molecule has 1 unspecified atom stereocenters. The normalized spacial score (nSPS) is 26.4. The van der Waals surface area contributed by atoms with E-state index in [9.17, 15) is 9.59 Å². The van der Waals surface area contributed by atoms with Crippen LogP contribution >= 0.6 is 0 Å². The Kier molecular flexibility index (Phi) is 3.76. The van der Waals surface area contributed by atoms with Gasteiger partial charge in [-0.1, -0.05) is 5.16 Å². The summed E-state index contributed by atoms with van der Waals surface area (Å²) in [5.41, 5.74) is 0. The van der Waals surface area contributed by atoms with E-state index in [1.54, 1.807) is 0 Å². The average molecular weight is 320 g/mol. The zero-order valence-electron chi connectivity index (χ0n) is 12.9. The smallest absolute Gasteiger partial charge is 0.324 e. The molecule has 0 aromatic carbocycles. The summed E-state index contributed by atoms with van der Waals surface area (Å²) < 4.78 is 10.5. The number of amides is 3. The van der Waals surface area contributed by atoms with Gasteiger partial charge in [0.05, 0.1) is 0 Å². The van der Waals surface area contributed by atoms with Gasteiger partial charge in [-0.3, -0.25) is 9.69 Å². The lowest BCUT2D eigenvalue weighted by Crippen LogP contribution is -2.57. The summed E-state index contributed by atoms with van der Waals surface area (Å²) in [6.07, 6.45) is 4.24. The molecule has 1 aromatic heterocycles. The van der Waals surface area contributed by atoms with Crippen molar-refractivity contribution >= 4 is 11.9 Å². The number of hydrogen-bond donors (Lipinski definition) is 1. The van der Waals surface area contributed by atoms with Gasteiger partial charge in [-0.05, 0) is 31.6 Å². The highest BCUT2D eigenvalue weighted by molar-refractivity contribution is 5.97. The van der Waals surface area contributed by atoms with Gasteiger partial charge < -0.3 is 14.6 Å². The Morgan fingerprint density at radius 3 is 2.65 bits per heavy atom. The fraction of sp³-hybridized carbons (Fsp3) is 0.733. The summed E-state index contributed by atoms with van der Waals surface area (Å²) >= 11 is 0. The van der Waals surface area contributed by atoms with E-state index in [4.69, 9.17) is 9.26 Å². The number of nitrogens with one attached hydrogen (secondary N) is 1. The van der Waals surface area contributed by atoms with E-state index < -0.39 is 0 Å². The Labute approximate surface area is 133 Å². The van der Waals surface area contributed by atoms with Gasteiger partial charge in [0.1, 0.15) is 6.54 Å². The van der Waals surface area contributed by atoms with Crippen LogP contribution in [0.4, 0.5) is 4.79 Å². The lowest BCUT2D eigenvalue weighted by Gasteiger charge is -2.36. The molecule has 1 saturated carbocycles. The zero-order valence-corrected chi connectivity index (χ0v) is 12.9. The van der Waals surface area contributed by atoms with Crippen LogP contribution < -0.4 is 5.32 Å². The van der Waals surface area contributed by atoms with Gasteiger partial charge in [0, 0.05) is 31.6 Å². The summed E-state index contributed by atoms with van der Waals surface area (Å²) in [5, 5.41) is 6.86. The second-order valence-corrected chi connectivity index (χ2v) is 6.51. The van der Waals surface area contributed by atoms with Crippen LogP contribution in [-0.2, 0) is 16.1 Å². The SMILES string of the molecule is O=C1CC(C2CCOCC2)NC(=O)N1Cc1nc(C2CC2)no1. The molecule has 2 saturated heterocycles. The van der Waals surface area contributed by atoms with Crippen molar-refractivity contribution in [2.24, 2.45) is 5.92 Å². The average Bonchev–Trinajstić information content (AvgIpc) is 3.31. The molecule has 8 heteroatoms. The molecule has 3 amide bonds. The molecule has 3 fully saturated rings. The third-order valence-electron chi connectivity index (χ3n) is 4.80. The lowest BCUT2D eigenvalue weighted by molar-refractivity contribution is -0.131. The van der Waals surface area contributed by atoms with Crippen molar-refractivity contribution in [1.29, 1.82) is 0 Å². The van der Waals surface area contributed by atoms with Crippen molar-refractivity contribution < 1.29 is 18.8 Å². The fourth-order valence-electron chi connectivity index (χ4n) is 3.24. The first-order valence-electron chi connectivity index (χ1n) is 8.22. The van der Waals surface area contributed by atoms with Crippen LogP contribution in [0.5, 0.6) is 0 Å². The number of imide groups is 1. The number of hydrogen-bond acceptors (Lipinski definition) is 6. The van der Waals surface area contributed by atoms with Crippen LogP contribution in [0.1, 0.15) is 49.7 Å². The number of carbonyl (C=O) groups excluding carboxylic acids is 2. The number of carbonyl (C=O) groups is 2. The van der Waals surface area contributed by atoms with Gasteiger partial charge in [-0.2, -0.15) is 4.98 Å². The van der Waals surface area contributed by atoms with E-state index >= 15 is 0 Å². The predicted octanol–water partition coefficient (Wildman–Crippen LogP) is 1.18. The molecule has 3 aliphatic rings. The van der Waals surface area contributed by atoms with Crippen molar-refractivity contribution in [2.75, 3.05) is 13.2 Å². The number of urea groups is 1. The summed E-state index contributed by atoms with van der Waals surface area (Å²) in [5.74, 6) is 1.52. The second-order valence-electron chi connectivity index (χ2n) is 6.51. The molecule has 0 spiro atoms. The standard InChI is InChI=1S/C15H20N4O4/c20-13-7-11(9-3-5-22-6-4-9)16-15(21)19(13)8-12-17-14(18-23-12)10-1-2-10/h9-11H,1-8H2,(H,16,21). The lowest BCUT2D eigenvalue weighted by atomic mass is 9.88. The quantitative estimate of drug-likeness (QED) is 0.895.